The number of halogens is 1. The summed E-state index contributed by atoms with van der Waals surface area (Å²) in [5.74, 6) is 2.07. The molecule has 0 aliphatic carbocycles. The predicted octanol–water partition coefficient (Wildman–Crippen LogP) is 4.29. The topological polar surface area (TPSA) is 61.3 Å². The predicted molar refractivity (Wildman–Crippen MR) is 79.9 cm³/mol. The summed E-state index contributed by atoms with van der Waals surface area (Å²) in [5.41, 5.74) is 2.28. The van der Waals surface area contributed by atoms with Gasteiger partial charge in [0.05, 0.1) is 0 Å². The van der Waals surface area contributed by atoms with E-state index in [4.69, 9.17) is 13.6 Å². The highest BCUT2D eigenvalue weighted by Gasteiger charge is 2.13. The Morgan fingerprint density at radius 1 is 1.10 bits per heavy atom. The Bertz CT molecular complexity index is 764. The van der Waals surface area contributed by atoms with Gasteiger partial charge in [0.15, 0.2) is 17.0 Å². The summed E-state index contributed by atoms with van der Waals surface area (Å²) in [5, 5.41) is 7.89. The van der Waals surface area contributed by atoms with E-state index in [0.29, 0.717) is 22.2 Å². The van der Waals surface area contributed by atoms with E-state index in [1.165, 1.54) is 5.56 Å². The second-order valence-electron chi connectivity index (χ2n) is 4.59. The van der Waals surface area contributed by atoms with Gasteiger partial charge in [-0.1, -0.05) is 12.1 Å². The van der Waals surface area contributed by atoms with Gasteiger partial charge in [0, 0.05) is 0 Å². The number of aromatic nitrogens is 2. The molecule has 6 heteroatoms. The summed E-state index contributed by atoms with van der Waals surface area (Å²) in [6.07, 6.45) is 0. The summed E-state index contributed by atoms with van der Waals surface area (Å²) < 4.78 is 17.2. The third kappa shape index (κ3) is 3.00. The molecule has 0 unspecified atom stereocenters. The molecule has 0 aliphatic rings. The molecule has 0 atom stereocenters. The number of aryl methyl sites for hydroxylation is 1. The Kier molecular flexibility index (Phi) is 3.79. The maximum Gasteiger partial charge on any atom is 0.283 e. The van der Waals surface area contributed by atoms with Crippen molar-refractivity contribution >= 4 is 15.9 Å². The molecule has 0 spiro atoms. The fraction of sp³-hybridized carbons (Fsp3) is 0.200. The molecule has 0 bridgehead atoms. The van der Waals surface area contributed by atoms with Crippen LogP contribution in [0.15, 0.2) is 43.8 Å². The molecule has 1 aromatic carbocycles. The second-order valence-corrected chi connectivity index (χ2v) is 5.37. The smallest absolute Gasteiger partial charge is 0.283 e. The molecule has 0 amide bonds. The van der Waals surface area contributed by atoms with Crippen LogP contribution >= 0.6 is 15.9 Å². The Balaban J connectivity index is 1.72. The zero-order valence-electron chi connectivity index (χ0n) is 11.6. The van der Waals surface area contributed by atoms with Crippen LogP contribution in [0.3, 0.4) is 0 Å². The van der Waals surface area contributed by atoms with Crippen molar-refractivity contribution in [2.24, 2.45) is 0 Å². The molecule has 108 valence electrons. The van der Waals surface area contributed by atoms with Gasteiger partial charge in [0.1, 0.15) is 5.75 Å². The monoisotopic (exact) mass is 348 g/mol. The van der Waals surface area contributed by atoms with Crippen molar-refractivity contribution in [1.82, 2.24) is 10.2 Å². The van der Waals surface area contributed by atoms with E-state index >= 15 is 0 Å². The molecule has 2 heterocycles. The molecule has 3 rings (SSSR count). The van der Waals surface area contributed by atoms with E-state index in [1.807, 2.05) is 32.0 Å². The largest absolute Gasteiger partial charge is 0.484 e. The van der Waals surface area contributed by atoms with E-state index in [0.717, 1.165) is 11.3 Å². The van der Waals surface area contributed by atoms with Crippen molar-refractivity contribution in [3.8, 4) is 17.4 Å². The normalized spacial score (nSPS) is 10.8. The lowest BCUT2D eigenvalue weighted by molar-refractivity contribution is 0.262. The van der Waals surface area contributed by atoms with Crippen LogP contribution in [0.25, 0.3) is 11.7 Å². The van der Waals surface area contributed by atoms with Crippen LogP contribution in [0.5, 0.6) is 5.75 Å². The molecular formula is C15H13BrN2O3. The van der Waals surface area contributed by atoms with Crippen LogP contribution < -0.4 is 4.74 Å². The van der Waals surface area contributed by atoms with Crippen LogP contribution in [0.2, 0.25) is 0 Å². The van der Waals surface area contributed by atoms with Gasteiger partial charge in [0.25, 0.3) is 11.8 Å². The van der Waals surface area contributed by atoms with E-state index in [1.54, 1.807) is 12.1 Å². The quantitative estimate of drug-likeness (QED) is 0.703. The van der Waals surface area contributed by atoms with E-state index in [2.05, 4.69) is 26.1 Å². The summed E-state index contributed by atoms with van der Waals surface area (Å²) in [4.78, 5) is 0. The summed E-state index contributed by atoms with van der Waals surface area (Å²) in [7, 11) is 0. The first-order valence-corrected chi connectivity index (χ1v) is 7.20. The number of ether oxygens (including phenoxy) is 1. The van der Waals surface area contributed by atoms with Gasteiger partial charge in [-0.15, -0.1) is 10.2 Å². The molecule has 3 aromatic rings. The molecule has 0 saturated carbocycles. The first-order chi connectivity index (χ1) is 10.1. The van der Waals surface area contributed by atoms with Crippen molar-refractivity contribution < 1.29 is 13.6 Å². The number of rotatable bonds is 4. The van der Waals surface area contributed by atoms with Gasteiger partial charge in [-0.3, -0.25) is 0 Å². The molecule has 0 aliphatic heterocycles. The van der Waals surface area contributed by atoms with Crippen molar-refractivity contribution in [2.75, 3.05) is 0 Å². The Labute approximate surface area is 130 Å². The molecule has 2 aromatic heterocycles. The number of hydrogen-bond donors (Lipinski definition) is 0. The van der Waals surface area contributed by atoms with Crippen LogP contribution in [0.1, 0.15) is 17.0 Å². The summed E-state index contributed by atoms with van der Waals surface area (Å²) in [6.45, 7) is 4.28. The lowest BCUT2D eigenvalue weighted by atomic mass is 10.1. The Morgan fingerprint density at radius 2 is 1.95 bits per heavy atom. The van der Waals surface area contributed by atoms with Crippen molar-refractivity contribution in [3.05, 3.63) is 52.0 Å². The number of nitrogens with zero attached hydrogens (tertiary/aromatic N) is 2. The van der Waals surface area contributed by atoms with Crippen LogP contribution in [0.4, 0.5) is 0 Å². The van der Waals surface area contributed by atoms with Crippen molar-refractivity contribution in [2.45, 2.75) is 20.5 Å². The van der Waals surface area contributed by atoms with E-state index < -0.39 is 0 Å². The Hall–Kier alpha value is -2.08. The maximum atomic E-state index is 5.72. The third-order valence-electron chi connectivity index (χ3n) is 3.16. The van der Waals surface area contributed by atoms with Gasteiger partial charge in [-0.05, 0) is 59.1 Å². The third-order valence-corrected chi connectivity index (χ3v) is 3.58. The highest BCUT2D eigenvalue weighted by atomic mass is 79.9. The average Bonchev–Trinajstić information content (AvgIpc) is 3.09. The summed E-state index contributed by atoms with van der Waals surface area (Å²) in [6, 6.07) is 9.45. The van der Waals surface area contributed by atoms with Crippen molar-refractivity contribution in [1.29, 1.82) is 0 Å². The van der Waals surface area contributed by atoms with Crippen molar-refractivity contribution in [3.63, 3.8) is 0 Å². The highest BCUT2D eigenvalue weighted by Crippen LogP contribution is 2.25. The van der Waals surface area contributed by atoms with Gasteiger partial charge in [0.2, 0.25) is 0 Å². The van der Waals surface area contributed by atoms with Gasteiger partial charge in [-0.2, -0.15) is 0 Å². The summed E-state index contributed by atoms with van der Waals surface area (Å²) >= 11 is 3.23. The minimum Gasteiger partial charge on any atom is -0.484 e. The first kappa shape index (κ1) is 13.9. The maximum absolute atomic E-state index is 5.72. The molecule has 0 saturated heterocycles. The van der Waals surface area contributed by atoms with Crippen LogP contribution in [0, 0.1) is 13.8 Å². The molecule has 5 nitrogen and oxygen atoms in total. The minimum absolute atomic E-state index is 0.221. The van der Waals surface area contributed by atoms with Crippen LogP contribution in [-0.2, 0) is 6.61 Å². The minimum atomic E-state index is 0.221. The van der Waals surface area contributed by atoms with E-state index in [-0.39, 0.29) is 6.61 Å². The number of hydrogen-bond acceptors (Lipinski definition) is 5. The zero-order chi connectivity index (χ0) is 14.8. The molecule has 21 heavy (non-hydrogen) atoms. The fourth-order valence-corrected chi connectivity index (χ4v) is 2.17. The van der Waals surface area contributed by atoms with Crippen LogP contribution in [-0.4, -0.2) is 10.2 Å². The second kappa shape index (κ2) is 5.73. The Morgan fingerprint density at radius 3 is 2.71 bits per heavy atom. The zero-order valence-corrected chi connectivity index (χ0v) is 13.2. The number of benzene rings is 1. The highest BCUT2D eigenvalue weighted by molar-refractivity contribution is 9.10. The lowest BCUT2D eigenvalue weighted by Gasteiger charge is -2.08. The SMILES string of the molecule is Cc1cccc(OCc2nnc(-c3ccc(Br)o3)o2)c1C. The average molecular weight is 349 g/mol. The first-order valence-electron chi connectivity index (χ1n) is 6.40. The molecule has 0 fully saturated rings. The lowest BCUT2D eigenvalue weighted by Crippen LogP contribution is -1.98. The standard InChI is InChI=1S/C15H13BrN2O3/c1-9-4-3-5-11(10(9)2)19-8-14-17-18-15(21-14)12-6-7-13(16)20-12/h3-7H,8H2,1-2H3. The molecule has 0 radical (unpaired) electrons. The van der Waals surface area contributed by atoms with Gasteiger partial charge < -0.3 is 13.6 Å². The fourth-order valence-electron chi connectivity index (χ4n) is 1.86. The van der Waals surface area contributed by atoms with Gasteiger partial charge in [-0.25, -0.2) is 0 Å². The molecule has 0 N–H and O–H groups in total. The number of furan rings is 1. The molecular weight excluding hydrogens is 336 g/mol. The van der Waals surface area contributed by atoms with Gasteiger partial charge >= 0.3 is 0 Å². The van der Waals surface area contributed by atoms with E-state index in [9.17, 15) is 0 Å².